The number of halogens is 3. The Labute approximate surface area is 114 Å². The second kappa shape index (κ2) is 5.75. The second-order valence-electron chi connectivity index (χ2n) is 4.57. The number of methoxy groups -OCH3 is 1. The molecule has 6 heteroatoms. The van der Waals surface area contributed by atoms with Gasteiger partial charge in [-0.25, -0.2) is 0 Å². The van der Waals surface area contributed by atoms with Crippen LogP contribution in [0.4, 0.5) is 13.2 Å². The highest BCUT2D eigenvalue weighted by Gasteiger charge is 2.26. The molecule has 2 rings (SSSR count). The molecule has 1 aromatic carbocycles. The van der Waals surface area contributed by atoms with Crippen molar-refractivity contribution in [3.63, 3.8) is 0 Å². The summed E-state index contributed by atoms with van der Waals surface area (Å²) in [7, 11) is 1.54. The maximum Gasteiger partial charge on any atom is 0.390 e. The summed E-state index contributed by atoms with van der Waals surface area (Å²) in [4.78, 5) is 0. The lowest BCUT2D eigenvalue weighted by atomic mass is 10.2. The third kappa shape index (κ3) is 3.45. The zero-order chi connectivity index (χ0) is 14.8. The van der Waals surface area contributed by atoms with Crippen LogP contribution in [0.1, 0.15) is 25.1 Å². The minimum atomic E-state index is -4.15. The van der Waals surface area contributed by atoms with Crippen LogP contribution in [-0.4, -0.2) is 19.8 Å². The third-order valence-corrected chi connectivity index (χ3v) is 3.03. The summed E-state index contributed by atoms with van der Waals surface area (Å²) in [6.45, 7) is 1.62. The van der Waals surface area contributed by atoms with E-state index in [0.29, 0.717) is 17.1 Å². The molecule has 3 nitrogen and oxygen atoms in total. The lowest BCUT2D eigenvalue weighted by Crippen LogP contribution is -2.24. The van der Waals surface area contributed by atoms with Crippen LogP contribution < -0.4 is 10.1 Å². The van der Waals surface area contributed by atoms with Gasteiger partial charge in [0, 0.05) is 11.9 Å². The maximum absolute atomic E-state index is 12.1. The van der Waals surface area contributed by atoms with Gasteiger partial charge in [-0.3, -0.25) is 0 Å². The molecule has 0 aliphatic carbocycles. The summed E-state index contributed by atoms with van der Waals surface area (Å²) < 4.78 is 47.1. The number of nitrogens with one attached hydrogen (secondary N) is 1. The van der Waals surface area contributed by atoms with E-state index in [1.54, 1.807) is 20.1 Å². The number of fused-ring (bicyclic) bond motifs is 1. The molecule has 0 aliphatic heterocycles. The molecule has 0 saturated heterocycles. The smallest absolute Gasteiger partial charge is 0.390 e. The number of hydrogen-bond donors (Lipinski definition) is 1. The maximum atomic E-state index is 12.1. The van der Waals surface area contributed by atoms with Gasteiger partial charge in [-0.1, -0.05) is 12.1 Å². The molecule has 0 radical (unpaired) electrons. The standard InChI is InChI=1S/C14H16F3NO2/c1-9(18-7-6-14(15,16)17)12-8-10-4-3-5-11(19-2)13(10)20-12/h3-5,8-9,18H,6-7H2,1-2H3. The Kier molecular flexibility index (Phi) is 4.23. The highest BCUT2D eigenvalue weighted by molar-refractivity contribution is 5.83. The van der Waals surface area contributed by atoms with Crippen LogP contribution in [0, 0.1) is 0 Å². The van der Waals surface area contributed by atoms with Gasteiger partial charge in [0.1, 0.15) is 5.76 Å². The van der Waals surface area contributed by atoms with Gasteiger partial charge in [0.15, 0.2) is 11.3 Å². The van der Waals surface area contributed by atoms with Gasteiger partial charge >= 0.3 is 6.18 Å². The molecule has 0 spiro atoms. The number of alkyl halides is 3. The Morgan fingerprint density at radius 1 is 1.35 bits per heavy atom. The zero-order valence-electron chi connectivity index (χ0n) is 11.3. The van der Waals surface area contributed by atoms with Gasteiger partial charge in [0.25, 0.3) is 0 Å². The molecular formula is C14H16F3NO2. The third-order valence-electron chi connectivity index (χ3n) is 3.03. The van der Waals surface area contributed by atoms with Crippen LogP contribution in [-0.2, 0) is 0 Å². The van der Waals surface area contributed by atoms with E-state index in [1.165, 1.54) is 0 Å². The molecule has 0 aliphatic rings. The SMILES string of the molecule is COc1cccc2cc(C(C)NCCC(F)(F)F)oc12. The van der Waals surface area contributed by atoms with E-state index < -0.39 is 12.6 Å². The first-order valence-electron chi connectivity index (χ1n) is 6.27. The van der Waals surface area contributed by atoms with Gasteiger partial charge in [0.05, 0.1) is 19.6 Å². The van der Waals surface area contributed by atoms with Crippen molar-refractivity contribution in [3.8, 4) is 5.75 Å². The monoisotopic (exact) mass is 287 g/mol. The fourth-order valence-corrected chi connectivity index (χ4v) is 1.96. The topological polar surface area (TPSA) is 34.4 Å². The van der Waals surface area contributed by atoms with Gasteiger partial charge in [-0.05, 0) is 19.1 Å². The summed E-state index contributed by atoms with van der Waals surface area (Å²) in [5.74, 6) is 1.20. The predicted molar refractivity (Wildman–Crippen MR) is 69.9 cm³/mol. The Morgan fingerprint density at radius 2 is 2.10 bits per heavy atom. The van der Waals surface area contributed by atoms with Crippen molar-refractivity contribution < 1.29 is 22.3 Å². The minimum absolute atomic E-state index is 0.140. The summed E-state index contributed by atoms with van der Waals surface area (Å²) in [6, 6.07) is 6.99. The fourth-order valence-electron chi connectivity index (χ4n) is 1.96. The molecule has 0 bridgehead atoms. The fraction of sp³-hybridized carbons (Fsp3) is 0.429. The summed E-state index contributed by atoms with van der Waals surface area (Å²) in [6.07, 6.45) is -5.01. The minimum Gasteiger partial charge on any atom is -0.493 e. The Morgan fingerprint density at radius 3 is 2.75 bits per heavy atom. The summed E-state index contributed by atoms with van der Waals surface area (Å²) in [5.41, 5.74) is 0.606. The Bertz CT molecular complexity index is 577. The quantitative estimate of drug-likeness (QED) is 0.901. The lowest BCUT2D eigenvalue weighted by molar-refractivity contribution is -0.133. The van der Waals surface area contributed by atoms with E-state index in [4.69, 9.17) is 9.15 Å². The highest BCUT2D eigenvalue weighted by atomic mass is 19.4. The molecule has 0 fully saturated rings. The van der Waals surface area contributed by atoms with E-state index in [2.05, 4.69) is 5.32 Å². The molecule has 1 aromatic heterocycles. The molecule has 110 valence electrons. The van der Waals surface area contributed by atoms with Crippen molar-refractivity contribution in [2.24, 2.45) is 0 Å². The van der Waals surface area contributed by atoms with Crippen LogP contribution in [0.15, 0.2) is 28.7 Å². The first-order valence-corrected chi connectivity index (χ1v) is 6.27. The predicted octanol–water partition coefficient (Wildman–Crippen LogP) is 4.04. The first-order chi connectivity index (χ1) is 9.40. The molecular weight excluding hydrogens is 271 g/mol. The van der Waals surface area contributed by atoms with Crippen LogP contribution in [0.25, 0.3) is 11.0 Å². The number of furan rings is 1. The average molecular weight is 287 g/mol. The summed E-state index contributed by atoms with van der Waals surface area (Å²) >= 11 is 0. The van der Waals surface area contributed by atoms with E-state index >= 15 is 0 Å². The van der Waals surface area contributed by atoms with Gasteiger partial charge in [-0.15, -0.1) is 0 Å². The Hall–Kier alpha value is -1.69. The first kappa shape index (κ1) is 14.7. The van der Waals surface area contributed by atoms with E-state index in [1.807, 2.05) is 18.2 Å². The van der Waals surface area contributed by atoms with Gasteiger partial charge < -0.3 is 14.5 Å². The number of ether oxygens (including phenoxy) is 1. The van der Waals surface area contributed by atoms with E-state index in [-0.39, 0.29) is 12.6 Å². The Balaban J connectivity index is 2.09. The highest BCUT2D eigenvalue weighted by Crippen LogP contribution is 2.31. The normalized spacial score (nSPS) is 13.7. The molecule has 1 heterocycles. The van der Waals surface area contributed by atoms with Crippen molar-refractivity contribution >= 4 is 11.0 Å². The molecule has 1 N–H and O–H groups in total. The molecule has 1 atom stereocenters. The molecule has 1 unspecified atom stereocenters. The average Bonchev–Trinajstić information content (AvgIpc) is 2.80. The largest absolute Gasteiger partial charge is 0.493 e. The van der Waals surface area contributed by atoms with Gasteiger partial charge in [-0.2, -0.15) is 13.2 Å². The van der Waals surface area contributed by atoms with Crippen molar-refractivity contribution in [2.75, 3.05) is 13.7 Å². The van der Waals surface area contributed by atoms with Crippen molar-refractivity contribution in [2.45, 2.75) is 25.6 Å². The molecule has 20 heavy (non-hydrogen) atoms. The second-order valence-corrected chi connectivity index (χ2v) is 4.57. The number of para-hydroxylation sites is 1. The summed E-state index contributed by atoms with van der Waals surface area (Å²) in [5, 5.41) is 3.66. The van der Waals surface area contributed by atoms with E-state index in [0.717, 1.165) is 5.39 Å². The molecule has 0 amide bonds. The lowest BCUT2D eigenvalue weighted by Gasteiger charge is -2.12. The van der Waals surface area contributed by atoms with Crippen LogP contribution >= 0.6 is 0 Å². The number of hydrogen-bond acceptors (Lipinski definition) is 3. The van der Waals surface area contributed by atoms with Crippen LogP contribution in [0.2, 0.25) is 0 Å². The number of benzene rings is 1. The van der Waals surface area contributed by atoms with Crippen molar-refractivity contribution in [1.29, 1.82) is 0 Å². The van der Waals surface area contributed by atoms with Crippen molar-refractivity contribution in [3.05, 3.63) is 30.0 Å². The molecule has 0 saturated carbocycles. The van der Waals surface area contributed by atoms with Crippen LogP contribution in [0.3, 0.4) is 0 Å². The van der Waals surface area contributed by atoms with Gasteiger partial charge in [0.2, 0.25) is 0 Å². The van der Waals surface area contributed by atoms with Crippen molar-refractivity contribution in [1.82, 2.24) is 5.32 Å². The van der Waals surface area contributed by atoms with E-state index in [9.17, 15) is 13.2 Å². The molecule has 2 aromatic rings. The van der Waals surface area contributed by atoms with Crippen LogP contribution in [0.5, 0.6) is 5.75 Å². The zero-order valence-corrected chi connectivity index (χ0v) is 11.3. The number of rotatable bonds is 5.